The molecule has 2 rings (SSSR count). The topological polar surface area (TPSA) is 97.1 Å². The zero-order valence-corrected chi connectivity index (χ0v) is 12.5. The highest BCUT2D eigenvalue weighted by Crippen LogP contribution is 2.39. The molecule has 1 aliphatic carbocycles. The number of aromatic nitrogens is 3. The molecule has 0 unspecified atom stereocenters. The number of aliphatic carboxylic acids is 1. The van der Waals surface area contributed by atoms with Crippen LogP contribution in [0.1, 0.15) is 45.2 Å². The van der Waals surface area contributed by atoms with Crippen LogP contribution in [0.3, 0.4) is 0 Å². The molecule has 0 aliphatic heterocycles. The van der Waals surface area contributed by atoms with Crippen LogP contribution in [-0.2, 0) is 22.7 Å². The van der Waals surface area contributed by atoms with E-state index < -0.39 is 5.97 Å². The largest absolute Gasteiger partial charge is 0.480 e. The van der Waals surface area contributed by atoms with Gasteiger partial charge < -0.3 is 10.4 Å². The van der Waals surface area contributed by atoms with Gasteiger partial charge in [-0.1, -0.05) is 31.9 Å². The lowest BCUT2D eigenvalue weighted by atomic mass is 9.77. The average Bonchev–Trinajstić information content (AvgIpc) is 3.06. The van der Waals surface area contributed by atoms with Crippen molar-refractivity contribution in [3.05, 3.63) is 11.9 Å². The monoisotopic (exact) mass is 294 g/mol. The second-order valence-corrected chi connectivity index (χ2v) is 6.19. The van der Waals surface area contributed by atoms with E-state index in [-0.39, 0.29) is 24.4 Å². The summed E-state index contributed by atoms with van der Waals surface area (Å²) in [5.74, 6) is -0.528. The van der Waals surface area contributed by atoms with Crippen LogP contribution in [0.15, 0.2) is 6.20 Å². The maximum atomic E-state index is 12.3. The molecule has 0 spiro atoms. The number of nitrogens with zero attached hydrogens (tertiary/aromatic N) is 3. The minimum atomic E-state index is -0.974. The van der Waals surface area contributed by atoms with Crippen molar-refractivity contribution in [1.82, 2.24) is 20.3 Å². The Labute approximate surface area is 123 Å². The third-order valence-corrected chi connectivity index (χ3v) is 4.27. The number of carboxylic acid groups (broad SMARTS) is 1. The molecule has 1 heterocycles. The van der Waals surface area contributed by atoms with Crippen LogP contribution in [0.2, 0.25) is 0 Å². The molecule has 0 bridgehead atoms. The summed E-state index contributed by atoms with van der Waals surface area (Å²) in [7, 11) is 0. The average molecular weight is 294 g/mol. The fourth-order valence-corrected chi connectivity index (χ4v) is 2.87. The van der Waals surface area contributed by atoms with Crippen LogP contribution in [0, 0.1) is 11.3 Å². The molecule has 1 saturated carbocycles. The highest BCUT2D eigenvalue weighted by molar-refractivity contribution is 5.82. The molecular weight excluding hydrogens is 272 g/mol. The Morgan fingerprint density at radius 3 is 2.71 bits per heavy atom. The minimum Gasteiger partial charge on any atom is -0.480 e. The Hall–Kier alpha value is -1.92. The van der Waals surface area contributed by atoms with Gasteiger partial charge in [-0.15, -0.1) is 5.10 Å². The van der Waals surface area contributed by atoms with Crippen molar-refractivity contribution in [3.63, 3.8) is 0 Å². The molecule has 116 valence electrons. The molecule has 2 N–H and O–H groups in total. The maximum Gasteiger partial charge on any atom is 0.325 e. The summed E-state index contributed by atoms with van der Waals surface area (Å²) >= 11 is 0. The SMILES string of the molecule is CC(C)(C(=O)NCc1cn(CC(=O)O)nn1)C1CCCC1. The van der Waals surface area contributed by atoms with Crippen LogP contribution in [0.25, 0.3) is 0 Å². The third-order valence-electron chi connectivity index (χ3n) is 4.27. The van der Waals surface area contributed by atoms with Crippen LogP contribution >= 0.6 is 0 Å². The van der Waals surface area contributed by atoms with Gasteiger partial charge >= 0.3 is 5.97 Å². The van der Waals surface area contributed by atoms with E-state index in [9.17, 15) is 9.59 Å². The van der Waals surface area contributed by atoms with Gasteiger partial charge in [-0.05, 0) is 18.8 Å². The quantitative estimate of drug-likeness (QED) is 0.821. The van der Waals surface area contributed by atoms with Crippen molar-refractivity contribution < 1.29 is 14.7 Å². The fraction of sp³-hybridized carbons (Fsp3) is 0.714. The standard InChI is InChI=1S/C14H22N4O3/c1-14(2,10-5-3-4-6-10)13(21)15-7-11-8-18(17-16-11)9-12(19)20/h8,10H,3-7,9H2,1-2H3,(H,15,21)(H,19,20). The zero-order valence-electron chi connectivity index (χ0n) is 12.5. The number of hydrogen-bond acceptors (Lipinski definition) is 4. The number of nitrogens with one attached hydrogen (secondary N) is 1. The number of amides is 1. The smallest absolute Gasteiger partial charge is 0.325 e. The highest BCUT2D eigenvalue weighted by atomic mass is 16.4. The lowest BCUT2D eigenvalue weighted by Gasteiger charge is -2.30. The lowest BCUT2D eigenvalue weighted by Crippen LogP contribution is -2.40. The first-order valence-corrected chi connectivity index (χ1v) is 7.28. The van der Waals surface area contributed by atoms with Gasteiger partial charge in [0.05, 0.1) is 12.7 Å². The molecule has 1 aromatic rings. The summed E-state index contributed by atoms with van der Waals surface area (Å²) in [6, 6.07) is 0. The van der Waals surface area contributed by atoms with Gasteiger partial charge in [-0.25, -0.2) is 4.68 Å². The predicted molar refractivity (Wildman–Crippen MR) is 75.2 cm³/mol. The maximum absolute atomic E-state index is 12.3. The van der Waals surface area contributed by atoms with Gasteiger partial charge in [0.2, 0.25) is 5.91 Å². The summed E-state index contributed by atoms with van der Waals surface area (Å²) in [5, 5.41) is 19.1. The third kappa shape index (κ3) is 3.80. The van der Waals surface area contributed by atoms with E-state index in [1.165, 1.54) is 23.7 Å². The van der Waals surface area contributed by atoms with Gasteiger partial charge in [0.25, 0.3) is 0 Å². The van der Waals surface area contributed by atoms with E-state index in [0.29, 0.717) is 11.6 Å². The van der Waals surface area contributed by atoms with Gasteiger partial charge in [0.1, 0.15) is 12.2 Å². The molecule has 21 heavy (non-hydrogen) atoms. The fourth-order valence-electron chi connectivity index (χ4n) is 2.87. The molecule has 7 heteroatoms. The van der Waals surface area contributed by atoms with Crippen molar-refractivity contribution in [2.24, 2.45) is 11.3 Å². The molecule has 0 aromatic carbocycles. The van der Waals surface area contributed by atoms with Crippen LogP contribution in [0.4, 0.5) is 0 Å². The molecule has 1 amide bonds. The number of carbonyl (C=O) groups is 2. The predicted octanol–water partition coefficient (Wildman–Crippen LogP) is 1.20. The lowest BCUT2D eigenvalue weighted by molar-refractivity contribution is -0.138. The van der Waals surface area contributed by atoms with Gasteiger partial charge in [0, 0.05) is 5.41 Å². The van der Waals surface area contributed by atoms with E-state index in [1.54, 1.807) is 0 Å². The summed E-state index contributed by atoms with van der Waals surface area (Å²) in [4.78, 5) is 22.9. The molecule has 0 atom stereocenters. The first-order valence-electron chi connectivity index (χ1n) is 7.28. The van der Waals surface area contributed by atoms with Crippen molar-refractivity contribution >= 4 is 11.9 Å². The van der Waals surface area contributed by atoms with Crippen molar-refractivity contribution in [2.45, 2.75) is 52.6 Å². The molecule has 0 saturated heterocycles. The number of rotatable bonds is 6. The van der Waals surface area contributed by atoms with E-state index in [0.717, 1.165) is 12.8 Å². The van der Waals surface area contributed by atoms with Gasteiger partial charge in [0.15, 0.2) is 0 Å². The van der Waals surface area contributed by atoms with E-state index >= 15 is 0 Å². The molecular formula is C14H22N4O3. The van der Waals surface area contributed by atoms with E-state index in [1.807, 2.05) is 13.8 Å². The second kappa shape index (κ2) is 6.24. The van der Waals surface area contributed by atoms with Crippen LogP contribution in [0.5, 0.6) is 0 Å². The molecule has 7 nitrogen and oxygen atoms in total. The molecule has 1 aliphatic rings. The molecule has 0 radical (unpaired) electrons. The molecule has 1 fully saturated rings. The van der Waals surface area contributed by atoms with Gasteiger partial charge in [-0.2, -0.15) is 0 Å². The first-order chi connectivity index (χ1) is 9.89. The summed E-state index contributed by atoms with van der Waals surface area (Å²) in [5.41, 5.74) is 0.180. The van der Waals surface area contributed by atoms with Crippen molar-refractivity contribution in [1.29, 1.82) is 0 Å². The Kier molecular flexibility index (Phi) is 4.59. The van der Waals surface area contributed by atoms with E-state index in [4.69, 9.17) is 5.11 Å². The van der Waals surface area contributed by atoms with Crippen LogP contribution < -0.4 is 5.32 Å². The van der Waals surface area contributed by atoms with Crippen molar-refractivity contribution in [3.8, 4) is 0 Å². The Morgan fingerprint density at radius 1 is 1.43 bits per heavy atom. The summed E-state index contributed by atoms with van der Waals surface area (Å²) in [6.45, 7) is 4.02. The summed E-state index contributed by atoms with van der Waals surface area (Å²) in [6.07, 6.45) is 6.15. The second-order valence-electron chi connectivity index (χ2n) is 6.19. The van der Waals surface area contributed by atoms with Crippen LogP contribution in [-0.4, -0.2) is 32.0 Å². The number of carbonyl (C=O) groups excluding carboxylic acids is 1. The minimum absolute atomic E-state index is 0.0159. The Bertz CT molecular complexity index is 518. The Morgan fingerprint density at radius 2 is 2.10 bits per heavy atom. The Balaban J connectivity index is 1.88. The highest BCUT2D eigenvalue weighted by Gasteiger charge is 2.37. The number of hydrogen-bond donors (Lipinski definition) is 2. The first kappa shape index (κ1) is 15.5. The van der Waals surface area contributed by atoms with Crippen molar-refractivity contribution in [2.75, 3.05) is 0 Å². The van der Waals surface area contributed by atoms with E-state index in [2.05, 4.69) is 15.6 Å². The molecule has 1 aromatic heterocycles. The zero-order chi connectivity index (χ0) is 15.5. The number of carboxylic acids is 1. The van der Waals surface area contributed by atoms with Gasteiger partial charge in [-0.3, -0.25) is 9.59 Å². The normalized spacial score (nSPS) is 16.1. The summed E-state index contributed by atoms with van der Waals surface area (Å²) < 4.78 is 1.24.